The molecule has 128 valence electrons. The standard InChI is InChI=1S/C20H26N2O2/c1-12-3-13(2)5-18(4-12)24-11-19(23)21-22-20-16-7-14-6-15(9-16)10-17(20)8-14/h3-5,14-17H,6-11H2,1-2H3,(H,21,23). The van der Waals surface area contributed by atoms with Gasteiger partial charge in [0.25, 0.3) is 5.91 Å². The van der Waals surface area contributed by atoms with Crippen LogP contribution in [0.4, 0.5) is 0 Å². The molecule has 1 aromatic rings. The first kappa shape index (κ1) is 15.7. The maximum absolute atomic E-state index is 12.1. The summed E-state index contributed by atoms with van der Waals surface area (Å²) in [5.41, 5.74) is 6.26. The van der Waals surface area contributed by atoms with Crippen LogP contribution in [-0.2, 0) is 4.79 Å². The third kappa shape index (κ3) is 3.19. The number of hydrogen-bond donors (Lipinski definition) is 1. The number of amides is 1. The smallest absolute Gasteiger partial charge is 0.277 e. The maximum Gasteiger partial charge on any atom is 0.277 e. The van der Waals surface area contributed by atoms with Gasteiger partial charge in [0.15, 0.2) is 6.61 Å². The molecule has 0 aliphatic heterocycles. The lowest BCUT2D eigenvalue weighted by Gasteiger charge is -2.50. The van der Waals surface area contributed by atoms with E-state index in [0.717, 1.165) is 28.7 Å². The second-order valence-electron chi connectivity index (χ2n) is 7.99. The van der Waals surface area contributed by atoms with Crippen LogP contribution in [0.1, 0.15) is 43.2 Å². The molecular weight excluding hydrogens is 300 g/mol. The minimum Gasteiger partial charge on any atom is -0.484 e. The predicted octanol–water partition coefficient (Wildman–Crippen LogP) is 3.61. The molecule has 1 amide bonds. The fourth-order valence-electron chi connectivity index (χ4n) is 5.17. The summed E-state index contributed by atoms with van der Waals surface area (Å²) in [4.78, 5) is 12.1. The summed E-state index contributed by atoms with van der Waals surface area (Å²) in [6.07, 6.45) is 6.54. The van der Waals surface area contributed by atoms with Crippen molar-refractivity contribution < 1.29 is 9.53 Å². The van der Waals surface area contributed by atoms with Gasteiger partial charge in [0.05, 0.1) is 0 Å². The largest absolute Gasteiger partial charge is 0.484 e. The number of hydrazone groups is 1. The Hall–Kier alpha value is -1.84. The van der Waals surface area contributed by atoms with Crippen LogP contribution in [0.25, 0.3) is 0 Å². The van der Waals surface area contributed by atoms with Gasteiger partial charge in [0.1, 0.15) is 5.75 Å². The summed E-state index contributed by atoms with van der Waals surface area (Å²) in [6, 6.07) is 5.99. The van der Waals surface area contributed by atoms with Gasteiger partial charge < -0.3 is 4.74 Å². The molecule has 4 fully saturated rings. The van der Waals surface area contributed by atoms with Crippen molar-refractivity contribution in [2.24, 2.45) is 28.8 Å². The van der Waals surface area contributed by atoms with E-state index in [0.29, 0.717) is 11.8 Å². The van der Waals surface area contributed by atoms with Crippen molar-refractivity contribution in [1.29, 1.82) is 0 Å². The lowest BCUT2D eigenvalue weighted by Crippen LogP contribution is -2.46. The van der Waals surface area contributed by atoms with Crippen molar-refractivity contribution in [3.8, 4) is 5.75 Å². The van der Waals surface area contributed by atoms with Gasteiger partial charge in [-0.15, -0.1) is 0 Å². The van der Waals surface area contributed by atoms with Crippen molar-refractivity contribution in [2.45, 2.75) is 46.0 Å². The number of nitrogens with zero attached hydrogens (tertiary/aromatic N) is 1. The van der Waals surface area contributed by atoms with Gasteiger partial charge in [-0.3, -0.25) is 4.79 Å². The van der Waals surface area contributed by atoms with E-state index in [1.165, 1.54) is 37.8 Å². The van der Waals surface area contributed by atoms with Crippen LogP contribution in [0.3, 0.4) is 0 Å². The first-order chi connectivity index (χ1) is 11.6. The lowest BCUT2D eigenvalue weighted by molar-refractivity contribution is -0.123. The third-order valence-electron chi connectivity index (χ3n) is 5.85. The highest BCUT2D eigenvalue weighted by atomic mass is 16.5. The normalized spacial score (nSPS) is 30.3. The van der Waals surface area contributed by atoms with E-state index in [-0.39, 0.29) is 12.5 Å². The van der Waals surface area contributed by atoms with E-state index in [2.05, 4.69) is 16.6 Å². The molecule has 0 aromatic heterocycles. The average molecular weight is 326 g/mol. The summed E-state index contributed by atoms with van der Waals surface area (Å²) in [5.74, 6) is 3.62. The molecule has 0 saturated heterocycles. The third-order valence-corrected chi connectivity index (χ3v) is 5.85. The molecule has 0 atom stereocenters. The molecule has 4 saturated carbocycles. The van der Waals surface area contributed by atoms with Gasteiger partial charge in [0, 0.05) is 5.71 Å². The van der Waals surface area contributed by atoms with Crippen molar-refractivity contribution in [3.63, 3.8) is 0 Å². The molecule has 4 aliphatic rings. The van der Waals surface area contributed by atoms with Crippen LogP contribution >= 0.6 is 0 Å². The highest BCUT2D eigenvalue weighted by Crippen LogP contribution is 2.52. The van der Waals surface area contributed by atoms with Crippen LogP contribution in [0, 0.1) is 37.5 Å². The Labute approximate surface area is 143 Å². The zero-order valence-electron chi connectivity index (χ0n) is 14.5. The highest BCUT2D eigenvalue weighted by molar-refractivity contribution is 5.92. The topological polar surface area (TPSA) is 50.7 Å². The number of hydrogen-bond acceptors (Lipinski definition) is 3. The molecule has 0 heterocycles. The molecule has 4 bridgehead atoms. The Morgan fingerprint density at radius 1 is 1.04 bits per heavy atom. The van der Waals surface area contributed by atoms with E-state index >= 15 is 0 Å². The molecule has 5 rings (SSSR count). The summed E-state index contributed by atoms with van der Waals surface area (Å²) in [7, 11) is 0. The molecule has 0 unspecified atom stereocenters. The second-order valence-corrected chi connectivity index (χ2v) is 7.99. The van der Waals surface area contributed by atoms with E-state index in [4.69, 9.17) is 4.74 Å². The molecule has 0 radical (unpaired) electrons. The Morgan fingerprint density at radius 3 is 2.21 bits per heavy atom. The van der Waals surface area contributed by atoms with Crippen LogP contribution < -0.4 is 10.2 Å². The summed E-state index contributed by atoms with van der Waals surface area (Å²) >= 11 is 0. The molecular formula is C20H26N2O2. The van der Waals surface area contributed by atoms with Gasteiger partial charge in [-0.25, -0.2) is 5.43 Å². The zero-order valence-corrected chi connectivity index (χ0v) is 14.5. The van der Waals surface area contributed by atoms with E-state index < -0.39 is 0 Å². The lowest BCUT2D eigenvalue weighted by atomic mass is 9.55. The second kappa shape index (κ2) is 6.23. The number of nitrogens with one attached hydrogen (secondary N) is 1. The molecule has 24 heavy (non-hydrogen) atoms. The maximum atomic E-state index is 12.1. The van der Waals surface area contributed by atoms with Crippen LogP contribution in [0.15, 0.2) is 23.3 Å². The summed E-state index contributed by atoms with van der Waals surface area (Å²) in [6.45, 7) is 4.07. The van der Waals surface area contributed by atoms with Crippen molar-refractivity contribution in [3.05, 3.63) is 29.3 Å². The summed E-state index contributed by atoms with van der Waals surface area (Å²) < 4.78 is 5.61. The first-order valence-corrected chi connectivity index (χ1v) is 9.14. The fraction of sp³-hybridized carbons (Fsp3) is 0.600. The zero-order chi connectivity index (χ0) is 16.7. The quantitative estimate of drug-likeness (QED) is 0.859. The number of carbonyl (C=O) groups is 1. The number of carbonyl (C=O) groups excluding carboxylic acids is 1. The molecule has 4 aliphatic carbocycles. The van der Waals surface area contributed by atoms with Gasteiger partial charge in [-0.2, -0.15) is 5.10 Å². The molecule has 4 nitrogen and oxygen atoms in total. The van der Waals surface area contributed by atoms with Crippen LogP contribution in [0.5, 0.6) is 5.75 Å². The first-order valence-electron chi connectivity index (χ1n) is 9.14. The van der Waals surface area contributed by atoms with Crippen molar-refractivity contribution >= 4 is 11.6 Å². The molecule has 1 N–H and O–H groups in total. The van der Waals surface area contributed by atoms with Gasteiger partial charge >= 0.3 is 0 Å². The number of benzene rings is 1. The van der Waals surface area contributed by atoms with Crippen molar-refractivity contribution in [2.75, 3.05) is 6.61 Å². The van der Waals surface area contributed by atoms with Crippen molar-refractivity contribution in [1.82, 2.24) is 5.43 Å². The minimum atomic E-state index is -0.171. The number of rotatable bonds is 4. The summed E-state index contributed by atoms with van der Waals surface area (Å²) in [5, 5.41) is 4.51. The molecule has 4 heteroatoms. The van der Waals surface area contributed by atoms with Gasteiger partial charge in [-0.05, 0) is 92.9 Å². The number of aryl methyl sites for hydroxylation is 2. The van der Waals surface area contributed by atoms with Crippen LogP contribution in [0.2, 0.25) is 0 Å². The fourth-order valence-corrected chi connectivity index (χ4v) is 5.17. The molecule has 1 aromatic carbocycles. The highest BCUT2D eigenvalue weighted by Gasteiger charge is 2.46. The van der Waals surface area contributed by atoms with E-state index in [1.807, 2.05) is 26.0 Å². The van der Waals surface area contributed by atoms with Crippen LogP contribution in [-0.4, -0.2) is 18.2 Å². The Kier molecular flexibility index (Phi) is 4.07. The monoisotopic (exact) mass is 326 g/mol. The van der Waals surface area contributed by atoms with Gasteiger partial charge in [0.2, 0.25) is 0 Å². The minimum absolute atomic E-state index is 0.0141. The van der Waals surface area contributed by atoms with Gasteiger partial charge in [-0.1, -0.05) is 6.07 Å². The van der Waals surface area contributed by atoms with E-state index in [1.54, 1.807) is 0 Å². The Morgan fingerprint density at radius 2 is 1.62 bits per heavy atom. The van der Waals surface area contributed by atoms with E-state index in [9.17, 15) is 4.79 Å². The predicted molar refractivity (Wildman–Crippen MR) is 94.0 cm³/mol. The Bertz CT molecular complexity index is 630. The number of ether oxygens (including phenoxy) is 1. The SMILES string of the molecule is Cc1cc(C)cc(OCC(=O)NN=C2C3CC4CC(C3)CC2C4)c1. The molecule has 0 spiro atoms. The Balaban J connectivity index is 1.33. The average Bonchev–Trinajstić information content (AvgIpc) is 2.50.